The first-order chi connectivity index (χ1) is 13.5. The Bertz CT molecular complexity index is 921. The predicted molar refractivity (Wildman–Crippen MR) is 105 cm³/mol. The highest BCUT2D eigenvalue weighted by atomic mass is 19.1. The fraction of sp³-hybridized carbons (Fsp3) is 0.238. The van der Waals surface area contributed by atoms with E-state index in [1.54, 1.807) is 47.1 Å². The highest BCUT2D eigenvalue weighted by molar-refractivity contribution is 5.91. The number of nitrogens with zero attached hydrogens (tertiary/aromatic N) is 2. The van der Waals surface area contributed by atoms with Gasteiger partial charge in [0, 0.05) is 6.07 Å². The Morgan fingerprint density at radius 3 is 2.36 bits per heavy atom. The van der Waals surface area contributed by atoms with E-state index in [0.717, 1.165) is 17.9 Å². The lowest BCUT2D eigenvalue weighted by Gasteiger charge is -2.10. The highest BCUT2D eigenvalue weighted by Crippen LogP contribution is 2.19. The number of ether oxygens (including phenoxy) is 2. The Kier molecular flexibility index (Phi) is 6.26. The molecule has 146 valence electrons. The molecule has 3 rings (SSSR count). The molecule has 0 bridgehead atoms. The quantitative estimate of drug-likeness (QED) is 0.635. The fourth-order valence-corrected chi connectivity index (χ4v) is 2.55. The van der Waals surface area contributed by atoms with Crippen molar-refractivity contribution >= 4 is 11.7 Å². The maximum Gasteiger partial charge on any atom is 0.263 e. The summed E-state index contributed by atoms with van der Waals surface area (Å²) in [5.41, 5.74) is 1.37. The lowest BCUT2D eigenvalue weighted by Crippen LogP contribution is -2.21. The molecule has 0 atom stereocenters. The molecule has 0 fully saturated rings. The number of nitrogens with one attached hydrogen (secondary N) is 1. The summed E-state index contributed by atoms with van der Waals surface area (Å²) in [5, 5.41) is 7.11. The zero-order valence-corrected chi connectivity index (χ0v) is 15.8. The van der Waals surface area contributed by atoms with Gasteiger partial charge in [-0.05, 0) is 61.9 Å². The van der Waals surface area contributed by atoms with Crippen molar-refractivity contribution in [3.8, 4) is 17.2 Å². The summed E-state index contributed by atoms with van der Waals surface area (Å²) in [6.07, 6.45) is 0.937. The van der Waals surface area contributed by atoms with Crippen molar-refractivity contribution in [3.05, 3.63) is 66.1 Å². The molecule has 0 saturated carbocycles. The van der Waals surface area contributed by atoms with Crippen LogP contribution >= 0.6 is 0 Å². The number of carbonyl (C=O) groups excluding carboxylic acids is 1. The van der Waals surface area contributed by atoms with Crippen LogP contribution < -0.4 is 14.8 Å². The van der Waals surface area contributed by atoms with Gasteiger partial charge in [-0.2, -0.15) is 5.10 Å². The Balaban J connectivity index is 1.60. The number of halogens is 1. The second-order valence-corrected chi connectivity index (χ2v) is 6.22. The van der Waals surface area contributed by atoms with Crippen molar-refractivity contribution in [2.45, 2.75) is 20.3 Å². The van der Waals surface area contributed by atoms with Gasteiger partial charge in [0.15, 0.2) is 6.61 Å². The van der Waals surface area contributed by atoms with E-state index >= 15 is 0 Å². The van der Waals surface area contributed by atoms with Crippen LogP contribution in [-0.2, 0) is 4.79 Å². The molecule has 1 aromatic heterocycles. The van der Waals surface area contributed by atoms with Crippen molar-refractivity contribution in [1.29, 1.82) is 0 Å². The molecule has 0 aliphatic rings. The Morgan fingerprint density at radius 2 is 1.71 bits per heavy atom. The maximum absolute atomic E-state index is 13.1. The summed E-state index contributed by atoms with van der Waals surface area (Å²) < 4.78 is 25.7. The van der Waals surface area contributed by atoms with Gasteiger partial charge in [-0.15, -0.1) is 0 Å². The van der Waals surface area contributed by atoms with Gasteiger partial charge in [-0.25, -0.2) is 9.07 Å². The van der Waals surface area contributed by atoms with Crippen molar-refractivity contribution in [2.75, 3.05) is 18.5 Å². The van der Waals surface area contributed by atoms with E-state index in [0.29, 0.717) is 23.9 Å². The molecule has 7 heteroatoms. The topological polar surface area (TPSA) is 65.4 Å². The number of rotatable bonds is 8. The number of hydrogen-bond donors (Lipinski definition) is 1. The van der Waals surface area contributed by atoms with Gasteiger partial charge < -0.3 is 14.8 Å². The third-order valence-corrected chi connectivity index (χ3v) is 3.84. The molecule has 0 aliphatic carbocycles. The van der Waals surface area contributed by atoms with Gasteiger partial charge in [-0.3, -0.25) is 4.79 Å². The van der Waals surface area contributed by atoms with Crippen molar-refractivity contribution < 1.29 is 18.7 Å². The van der Waals surface area contributed by atoms with Gasteiger partial charge in [0.05, 0.1) is 18.0 Å². The van der Waals surface area contributed by atoms with E-state index < -0.39 is 0 Å². The Labute approximate surface area is 162 Å². The van der Waals surface area contributed by atoms with Crippen molar-refractivity contribution in [1.82, 2.24) is 9.78 Å². The first-order valence-electron chi connectivity index (χ1n) is 9.03. The maximum atomic E-state index is 13.1. The molecule has 0 spiro atoms. The predicted octanol–water partition coefficient (Wildman–Crippen LogP) is 4.13. The molecule has 1 heterocycles. The van der Waals surface area contributed by atoms with Gasteiger partial charge in [0.25, 0.3) is 5.91 Å². The molecule has 2 aromatic carbocycles. The van der Waals surface area contributed by atoms with E-state index in [4.69, 9.17) is 9.47 Å². The van der Waals surface area contributed by atoms with Crippen LogP contribution in [0.15, 0.2) is 54.6 Å². The standard InChI is InChI=1S/C21H22FN3O3/c1-3-12-27-18-8-10-19(11-9-18)28-14-21(26)23-20-13-15(2)24-25(20)17-6-4-16(22)5-7-17/h4-11,13H,3,12,14H2,1-2H3,(H,23,26). The van der Waals surface area contributed by atoms with Crippen LogP contribution in [0.1, 0.15) is 19.0 Å². The van der Waals surface area contributed by atoms with E-state index in [1.165, 1.54) is 12.1 Å². The first-order valence-corrected chi connectivity index (χ1v) is 9.03. The zero-order chi connectivity index (χ0) is 19.9. The summed E-state index contributed by atoms with van der Waals surface area (Å²) in [5.74, 6) is 1.16. The minimum Gasteiger partial charge on any atom is -0.494 e. The number of anilines is 1. The second-order valence-electron chi connectivity index (χ2n) is 6.22. The van der Waals surface area contributed by atoms with Crippen LogP contribution in [0.25, 0.3) is 5.69 Å². The third kappa shape index (κ3) is 5.09. The van der Waals surface area contributed by atoms with Gasteiger partial charge in [0.2, 0.25) is 0 Å². The number of carbonyl (C=O) groups is 1. The molecule has 0 saturated heterocycles. The summed E-state index contributed by atoms with van der Waals surface area (Å²) >= 11 is 0. The first kappa shape index (κ1) is 19.4. The van der Waals surface area contributed by atoms with Crippen LogP contribution in [0, 0.1) is 12.7 Å². The molecule has 1 N–H and O–H groups in total. The molecule has 28 heavy (non-hydrogen) atoms. The summed E-state index contributed by atoms with van der Waals surface area (Å²) in [4.78, 5) is 12.3. The monoisotopic (exact) mass is 383 g/mol. The molecule has 0 unspecified atom stereocenters. The van der Waals surface area contributed by atoms with Gasteiger partial charge in [0.1, 0.15) is 23.1 Å². The third-order valence-electron chi connectivity index (χ3n) is 3.84. The molecular formula is C21H22FN3O3. The Hall–Kier alpha value is -3.35. The molecule has 1 amide bonds. The molecule has 0 radical (unpaired) electrons. The molecule has 6 nitrogen and oxygen atoms in total. The summed E-state index contributed by atoms with van der Waals surface area (Å²) in [7, 11) is 0. The largest absolute Gasteiger partial charge is 0.494 e. The van der Waals surface area contributed by atoms with Gasteiger partial charge in [-0.1, -0.05) is 6.92 Å². The summed E-state index contributed by atoms with van der Waals surface area (Å²) in [6.45, 7) is 4.36. The number of aryl methyl sites for hydroxylation is 1. The van der Waals surface area contributed by atoms with Crippen LogP contribution in [0.4, 0.5) is 10.2 Å². The Morgan fingerprint density at radius 1 is 1.07 bits per heavy atom. The fourth-order valence-electron chi connectivity index (χ4n) is 2.55. The number of amides is 1. The number of benzene rings is 2. The molecule has 3 aromatic rings. The van der Waals surface area contributed by atoms with Crippen molar-refractivity contribution in [3.63, 3.8) is 0 Å². The van der Waals surface area contributed by atoms with Crippen molar-refractivity contribution in [2.24, 2.45) is 0 Å². The smallest absolute Gasteiger partial charge is 0.263 e. The van der Waals surface area contributed by atoms with E-state index in [1.807, 2.05) is 13.8 Å². The van der Waals surface area contributed by atoms with Gasteiger partial charge >= 0.3 is 0 Å². The number of hydrogen-bond acceptors (Lipinski definition) is 4. The van der Waals surface area contributed by atoms with E-state index in [-0.39, 0.29) is 18.3 Å². The van der Waals surface area contributed by atoms with Crippen LogP contribution in [0.3, 0.4) is 0 Å². The van der Waals surface area contributed by atoms with E-state index in [2.05, 4.69) is 10.4 Å². The lowest BCUT2D eigenvalue weighted by atomic mass is 10.3. The minimum absolute atomic E-state index is 0.150. The SMILES string of the molecule is CCCOc1ccc(OCC(=O)Nc2cc(C)nn2-c2ccc(F)cc2)cc1. The average molecular weight is 383 g/mol. The zero-order valence-electron chi connectivity index (χ0n) is 15.8. The average Bonchev–Trinajstić information content (AvgIpc) is 3.06. The summed E-state index contributed by atoms with van der Waals surface area (Å²) in [6, 6.07) is 14.7. The normalized spacial score (nSPS) is 10.5. The molecular weight excluding hydrogens is 361 g/mol. The number of aromatic nitrogens is 2. The molecule has 0 aliphatic heterocycles. The van der Waals surface area contributed by atoms with Crippen LogP contribution in [0.2, 0.25) is 0 Å². The minimum atomic E-state index is -0.335. The van der Waals surface area contributed by atoms with Crippen LogP contribution in [0.5, 0.6) is 11.5 Å². The lowest BCUT2D eigenvalue weighted by molar-refractivity contribution is -0.118. The highest BCUT2D eigenvalue weighted by Gasteiger charge is 2.12. The second kappa shape index (κ2) is 9.03. The van der Waals surface area contributed by atoms with E-state index in [9.17, 15) is 9.18 Å². The van der Waals surface area contributed by atoms with Crippen LogP contribution in [-0.4, -0.2) is 28.9 Å².